The lowest BCUT2D eigenvalue weighted by molar-refractivity contribution is -0.108. The summed E-state index contributed by atoms with van der Waals surface area (Å²) in [6, 6.07) is 12.9. The number of rotatable bonds is 4. The van der Waals surface area contributed by atoms with Crippen LogP contribution in [0, 0.1) is 0 Å². The van der Waals surface area contributed by atoms with Gasteiger partial charge in [0.05, 0.1) is 0 Å². The molecule has 0 saturated carbocycles. The number of aldehydes is 1. The highest BCUT2D eigenvalue weighted by Crippen LogP contribution is 2.36. The van der Waals surface area contributed by atoms with Crippen LogP contribution in [0.5, 0.6) is 0 Å². The molecule has 0 aliphatic carbocycles. The SMILES string of the molecule is CC[C@H](CC=O)n1c2ccc(Br)cc2c2cc(Br)ccc21. The van der Waals surface area contributed by atoms with E-state index in [9.17, 15) is 4.79 Å². The van der Waals surface area contributed by atoms with Crippen LogP contribution in [0.4, 0.5) is 0 Å². The van der Waals surface area contributed by atoms with Crippen molar-refractivity contribution in [2.75, 3.05) is 0 Å². The van der Waals surface area contributed by atoms with Crippen molar-refractivity contribution in [3.63, 3.8) is 0 Å². The Balaban J connectivity index is 2.42. The minimum atomic E-state index is 0.199. The lowest BCUT2D eigenvalue weighted by atomic mass is 10.1. The molecule has 21 heavy (non-hydrogen) atoms. The fraction of sp³-hybridized carbons (Fsp3) is 0.235. The first-order chi connectivity index (χ1) is 10.2. The fourth-order valence-electron chi connectivity index (χ4n) is 2.96. The smallest absolute Gasteiger partial charge is 0.122 e. The number of benzene rings is 2. The quantitative estimate of drug-likeness (QED) is 0.495. The van der Waals surface area contributed by atoms with Crippen LogP contribution >= 0.6 is 31.9 Å². The zero-order valence-electron chi connectivity index (χ0n) is 11.6. The maximum atomic E-state index is 11.0. The molecule has 0 amide bonds. The van der Waals surface area contributed by atoms with E-state index in [1.807, 2.05) is 0 Å². The van der Waals surface area contributed by atoms with Crippen molar-refractivity contribution in [1.82, 2.24) is 4.57 Å². The second kappa shape index (κ2) is 5.93. The average Bonchev–Trinajstić information content (AvgIpc) is 2.78. The number of carbonyl (C=O) groups excluding carboxylic acids is 1. The molecule has 0 radical (unpaired) electrons. The van der Waals surface area contributed by atoms with Gasteiger partial charge in [-0.2, -0.15) is 0 Å². The number of hydrogen-bond acceptors (Lipinski definition) is 1. The first-order valence-corrected chi connectivity index (χ1v) is 8.56. The number of halogens is 2. The van der Waals surface area contributed by atoms with Gasteiger partial charge in [0, 0.05) is 43.2 Å². The van der Waals surface area contributed by atoms with E-state index in [2.05, 4.69) is 79.7 Å². The Bertz CT molecular complexity index is 763. The normalized spacial score (nSPS) is 12.9. The van der Waals surface area contributed by atoms with Gasteiger partial charge in [0.1, 0.15) is 6.29 Å². The van der Waals surface area contributed by atoms with Crippen molar-refractivity contribution in [1.29, 1.82) is 0 Å². The van der Waals surface area contributed by atoms with E-state index < -0.39 is 0 Å². The Kier molecular flexibility index (Phi) is 4.18. The van der Waals surface area contributed by atoms with Crippen LogP contribution in [-0.2, 0) is 4.79 Å². The van der Waals surface area contributed by atoms with E-state index in [4.69, 9.17) is 0 Å². The molecular weight excluding hydrogens is 394 g/mol. The van der Waals surface area contributed by atoms with Crippen molar-refractivity contribution >= 4 is 60.0 Å². The van der Waals surface area contributed by atoms with Crippen molar-refractivity contribution in [2.24, 2.45) is 0 Å². The molecule has 108 valence electrons. The standard InChI is InChI=1S/C17H15Br2NO/c1-2-13(7-8-21)20-16-5-3-11(18)9-14(16)15-10-12(19)4-6-17(15)20/h3-6,8-10,13H,2,7H2,1H3/t13-/m1/s1. The van der Waals surface area contributed by atoms with Gasteiger partial charge in [-0.1, -0.05) is 38.8 Å². The largest absolute Gasteiger partial charge is 0.337 e. The fourth-order valence-corrected chi connectivity index (χ4v) is 3.68. The third-order valence-corrected chi connectivity index (χ3v) is 4.92. The second-order valence-corrected chi connectivity index (χ2v) is 6.99. The van der Waals surface area contributed by atoms with Crippen molar-refractivity contribution in [3.8, 4) is 0 Å². The summed E-state index contributed by atoms with van der Waals surface area (Å²) in [7, 11) is 0. The maximum absolute atomic E-state index is 11.0. The van der Waals surface area contributed by atoms with Gasteiger partial charge in [-0.25, -0.2) is 0 Å². The average molecular weight is 409 g/mol. The van der Waals surface area contributed by atoms with E-state index in [0.29, 0.717) is 6.42 Å². The summed E-state index contributed by atoms with van der Waals surface area (Å²) in [5.74, 6) is 0. The molecule has 0 aliphatic rings. The highest BCUT2D eigenvalue weighted by Gasteiger charge is 2.17. The lowest BCUT2D eigenvalue weighted by Crippen LogP contribution is -2.08. The van der Waals surface area contributed by atoms with Crippen LogP contribution in [0.1, 0.15) is 25.8 Å². The van der Waals surface area contributed by atoms with E-state index in [0.717, 1.165) is 21.7 Å². The molecule has 0 saturated heterocycles. The third kappa shape index (κ3) is 2.55. The van der Waals surface area contributed by atoms with E-state index in [1.54, 1.807) is 0 Å². The summed E-state index contributed by atoms with van der Waals surface area (Å²) < 4.78 is 4.44. The molecule has 0 aliphatic heterocycles. The molecule has 1 aromatic heterocycles. The molecule has 3 rings (SSSR count). The summed E-state index contributed by atoms with van der Waals surface area (Å²) in [5, 5.41) is 2.43. The molecule has 3 aromatic rings. The number of carbonyl (C=O) groups is 1. The molecule has 0 spiro atoms. The topological polar surface area (TPSA) is 22.0 Å². The summed E-state index contributed by atoms with van der Waals surface area (Å²) in [5.41, 5.74) is 2.36. The van der Waals surface area contributed by atoms with Gasteiger partial charge >= 0.3 is 0 Å². The lowest BCUT2D eigenvalue weighted by Gasteiger charge is -2.17. The summed E-state index contributed by atoms with van der Waals surface area (Å²) >= 11 is 7.11. The first kappa shape index (κ1) is 14.8. The molecule has 2 aromatic carbocycles. The van der Waals surface area contributed by atoms with E-state index in [1.165, 1.54) is 21.8 Å². The highest BCUT2D eigenvalue weighted by molar-refractivity contribution is 9.10. The Morgan fingerprint density at radius 3 is 2.00 bits per heavy atom. The van der Waals surface area contributed by atoms with Crippen molar-refractivity contribution < 1.29 is 4.79 Å². The van der Waals surface area contributed by atoms with Gasteiger partial charge in [0.2, 0.25) is 0 Å². The van der Waals surface area contributed by atoms with Gasteiger partial charge in [0.25, 0.3) is 0 Å². The Morgan fingerprint density at radius 1 is 1.05 bits per heavy atom. The third-order valence-electron chi connectivity index (χ3n) is 3.93. The van der Waals surface area contributed by atoms with Crippen LogP contribution < -0.4 is 0 Å². The minimum absolute atomic E-state index is 0.199. The Morgan fingerprint density at radius 2 is 1.57 bits per heavy atom. The van der Waals surface area contributed by atoms with Crippen LogP contribution in [0.15, 0.2) is 45.3 Å². The Hall–Kier alpha value is -1.13. The summed E-state index contributed by atoms with van der Waals surface area (Å²) in [4.78, 5) is 11.0. The van der Waals surface area contributed by atoms with Gasteiger partial charge in [-0.05, 0) is 42.8 Å². The van der Waals surface area contributed by atoms with Crippen molar-refractivity contribution in [2.45, 2.75) is 25.8 Å². The van der Waals surface area contributed by atoms with Gasteiger partial charge in [-0.3, -0.25) is 0 Å². The predicted octanol–water partition coefficient (Wildman–Crippen LogP) is 5.86. The van der Waals surface area contributed by atoms with E-state index >= 15 is 0 Å². The molecule has 2 nitrogen and oxygen atoms in total. The summed E-state index contributed by atoms with van der Waals surface area (Å²) in [6.07, 6.45) is 2.49. The molecule has 0 unspecified atom stereocenters. The number of aromatic nitrogens is 1. The molecule has 1 atom stereocenters. The predicted molar refractivity (Wildman–Crippen MR) is 94.9 cm³/mol. The molecule has 1 heterocycles. The second-order valence-electron chi connectivity index (χ2n) is 5.16. The minimum Gasteiger partial charge on any atom is -0.337 e. The van der Waals surface area contributed by atoms with Gasteiger partial charge in [-0.15, -0.1) is 0 Å². The van der Waals surface area contributed by atoms with Crippen molar-refractivity contribution in [3.05, 3.63) is 45.3 Å². The van der Waals surface area contributed by atoms with Crippen LogP contribution in [0.3, 0.4) is 0 Å². The molecular formula is C17H15Br2NO. The zero-order valence-corrected chi connectivity index (χ0v) is 14.8. The maximum Gasteiger partial charge on any atom is 0.122 e. The van der Waals surface area contributed by atoms with E-state index in [-0.39, 0.29) is 6.04 Å². The molecule has 0 fully saturated rings. The van der Waals surface area contributed by atoms with Crippen LogP contribution in [-0.4, -0.2) is 10.9 Å². The Labute approximate surface area is 140 Å². The highest BCUT2D eigenvalue weighted by atomic mass is 79.9. The molecule has 0 N–H and O–H groups in total. The summed E-state index contributed by atoms with van der Waals surface area (Å²) in [6.45, 7) is 2.13. The molecule has 4 heteroatoms. The number of hydrogen-bond donors (Lipinski definition) is 0. The van der Waals surface area contributed by atoms with Crippen LogP contribution in [0.25, 0.3) is 21.8 Å². The number of nitrogens with zero attached hydrogens (tertiary/aromatic N) is 1. The van der Waals surface area contributed by atoms with Gasteiger partial charge < -0.3 is 9.36 Å². The first-order valence-electron chi connectivity index (χ1n) is 6.98. The number of fused-ring (bicyclic) bond motifs is 3. The van der Waals surface area contributed by atoms with Crippen LogP contribution in [0.2, 0.25) is 0 Å². The molecule has 0 bridgehead atoms. The monoisotopic (exact) mass is 407 g/mol. The van der Waals surface area contributed by atoms with Gasteiger partial charge in [0.15, 0.2) is 0 Å². The zero-order chi connectivity index (χ0) is 15.0.